The summed E-state index contributed by atoms with van der Waals surface area (Å²) >= 11 is 0. The summed E-state index contributed by atoms with van der Waals surface area (Å²) < 4.78 is 10.3. The molecule has 0 amide bonds. The highest BCUT2D eigenvalue weighted by molar-refractivity contribution is 5.93. The monoisotopic (exact) mass is 394 g/mol. The first-order chi connectivity index (χ1) is 13.5. The van der Waals surface area contributed by atoms with E-state index in [1.165, 1.54) is 24.3 Å². The zero-order chi connectivity index (χ0) is 20.8. The van der Waals surface area contributed by atoms with Gasteiger partial charge >= 0.3 is 11.9 Å². The van der Waals surface area contributed by atoms with E-state index in [2.05, 4.69) is 13.8 Å². The van der Waals surface area contributed by atoms with Crippen molar-refractivity contribution in [2.75, 3.05) is 13.2 Å². The molecule has 6 heteroatoms. The van der Waals surface area contributed by atoms with Crippen molar-refractivity contribution < 1.29 is 29.3 Å². The van der Waals surface area contributed by atoms with Crippen LogP contribution in [0.15, 0.2) is 24.3 Å². The summed E-state index contributed by atoms with van der Waals surface area (Å²) in [7, 11) is 0. The highest BCUT2D eigenvalue weighted by Crippen LogP contribution is 2.10. The number of unbranched alkanes of at least 4 members (excludes halogenated alkanes) is 2. The fourth-order valence-corrected chi connectivity index (χ4v) is 2.65. The maximum atomic E-state index is 12.0. The van der Waals surface area contributed by atoms with Crippen LogP contribution in [0, 0.1) is 0 Å². The van der Waals surface area contributed by atoms with Crippen LogP contribution in [0.4, 0.5) is 0 Å². The lowest BCUT2D eigenvalue weighted by molar-refractivity contribution is 0.0406. The maximum absolute atomic E-state index is 12.0. The molecule has 0 aromatic heterocycles. The second-order valence-electron chi connectivity index (χ2n) is 7.02. The fraction of sp³-hybridized carbons (Fsp3) is 0.636. The molecule has 0 heterocycles. The molecule has 1 rings (SSSR count). The standard InChI is InChI=1S/C22H34O6/c1-3-5-7-19(23)13-15-27-21(25)17-9-11-18(12-10-17)22(26)28-16-14-20(24)8-6-4-2/h9-12,19-20,23-24H,3-8,13-16H2,1-2H3. The van der Waals surface area contributed by atoms with E-state index in [4.69, 9.17) is 9.47 Å². The quantitative estimate of drug-likeness (QED) is 0.465. The van der Waals surface area contributed by atoms with Gasteiger partial charge in [-0.25, -0.2) is 9.59 Å². The van der Waals surface area contributed by atoms with Gasteiger partial charge in [-0.15, -0.1) is 0 Å². The molecule has 2 unspecified atom stereocenters. The zero-order valence-electron chi connectivity index (χ0n) is 17.1. The molecule has 0 bridgehead atoms. The van der Waals surface area contributed by atoms with Gasteiger partial charge in [0.15, 0.2) is 0 Å². The van der Waals surface area contributed by atoms with Gasteiger partial charge in [-0.1, -0.05) is 39.5 Å². The molecule has 2 atom stereocenters. The lowest BCUT2D eigenvalue weighted by atomic mass is 10.1. The molecule has 0 aliphatic rings. The van der Waals surface area contributed by atoms with Crippen LogP contribution < -0.4 is 0 Å². The van der Waals surface area contributed by atoms with Gasteiger partial charge in [0.1, 0.15) is 0 Å². The van der Waals surface area contributed by atoms with Crippen LogP contribution in [0.5, 0.6) is 0 Å². The molecule has 0 aliphatic heterocycles. The molecule has 6 nitrogen and oxygen atoms in total. The van der Waals surface area contributed by atoms with Crippen LogP contribution in [0.3, 0.4) is 0 Å². The van der Waals surface area contributed by atoms with E-state index in [-0.39, 0.29) is 13.2 Å². The number of esters is 2. The second-order valence-corrected chi connectivity index (χ2v) is 7.02. The first-order valence-electron chi connectivity index (χ1n) is 10.3. The molecule has 0 saturated carbocycles. The Morgan fingerprint density at radius 3 is 1.43 bits per heavy atom. The number of hydrogen-bond donors (Lipinski definition) is 2. The summed E-state index contributed by atoms with van der Waals surface area (Å²) in [5.41, 5.74) is 0.684. The number of benzene rings is 1. The Morgan fingerprint density at radius 2 is 1.11 bits per heavy atom. The Hall–Kier alpha value is -1.92. The molecule has 1 aromatic carbocycles. The maximum Gasteiger partial charge on any atom is 0.338 e. The number of aliphatic hydroxyl groups excluding tert-OH is 2. The number of aliphatic hydroxyl groups is 2. The molecule has 0 spiro atoms. The van der Waals surface area contributed by atoms with Crippen molar-refractivity contribution in [3.63, 3.8) is 0 Å². The minimum absolute atomic E-state index is 0.161. The minimum atomic E-state index is -0.485. The van der Waals surface area contributed by atoms with Crippen molar-refractivity contribution in [1.82, 2.24) is 0 Å². The summed E-state index contributed by atoms with van der Waals surface area (Å²) in [4.78, 5) is 24.0. The van der Waals surface area contributed by atoms with Gasteiger partial charge < -0.3 is 19.7 Å². The Morgan fingerprint density at radius 1 is 0.750 bits per heavy atom. The van der Waals surface area contributed by atoms with Crippen LogP contribution in [0.2, 0.25) is 0 Å². The molecule has 28 heavy (non-hydrogen) atoms. The van der Waals surface area contributed by atoms with E-state index >= 15 is 0 Å². The molecule has 0 aliphatic carbocycles. The Labute approximate surface area is 167 Å². The van der Waals surface area contributed by atoms with Gasteiger partial charge in [-0.3, -0.25) is 0 Å². The number of rotatable bonds is 14. The third kappa shape index (κ3) is 9.85. The second kappa shape index (κ2) is 14.1. The first-order valence-corrected chi connectivity index (χ1v) is 10.3. The SMILES string of the molecule is CCCCC(O)CCOC(=O)c1ccc(C(=O)OCCC(O)CCCC)cc1. The summed E-state index contributed by atoms with van der Waals surface area (Å²) in [6, 6.07) is 6.07. The third-order valence-corrected chi connectivity index (χ3v) is 4.51. The molecule has 0 fully saturated rings. The van der Waals surface area contributed by atoms with Crippen molar-refractivity contribution in [2.24, 2.45) is 0 Å². The van der Waals surface area contributed by atoms with Crippen LogP contribution in [0.1, 0.15) is 85.9 Å². The van der Waals surface area contributed by atoms with Crippen LogP contribution in [-0.2, 0) is 9.47 Å². The van der Waals surface area contributed by atoms with E-state index < -0.39 is 24.1 Å². The van der Waals surface area contributed by atoms with Gasteiger partial charge in [0.05, 0.1) is 36.5 Å². The Kier molecular flexibility index (Phi) is 12.2. The summed E-state index contributed by atoms with van der Waals surface area (Å²) in [6.07, 6.45) is 5.28. The molecule has 0 saturated heterocycles. The molecule has 158 valence electrons. The topological polar surface area (TPSA) is 93.1 Å². The number of ether oxygens (including phenoxy) is 2. The van der Waals surface area contributed by atoms with E-state index in [9.17, 15) is 19.8 Å². The number of carbonyl (C=O) groups is 2. The van der Waals surface area contributed by atoms with Crippen molar-refractivity contribution in [3.8, 4) is 0 Å². The predicted molar refractivity (Wildman–Crippen MR) is 107 cm³/mol. The van der Waals surface area contributed by atoms with Gasteiger partial charge in [-0.05, 0) is 37.1 Å². The molecule has 1 aromatic rings. The van der Waals surface area contributed by atoms with Crippen LogP contribution in [-0.4, -0.2) is 47.6 Å². The highest BCUT2D eigenvalue weighted by Gasteiger charge is 2.13. The summed E-state index contributed by atoms with van der Waals surface area (Å²) in [5.74, 6) is -0.969. The van der Waals surface area contributed by atoms with E-state index in [0.29, 0.717) is 36.8 Å². The average molecular weight is 395 g/mol. The highest BCUT2D eigenvalue weighted by atomic mass is 16.5. The summed E-state index contributed by atoms with van der Waals surface area (Å²) in [6.45, 7) is 4.44. The lowest BCUT2D eigenvalue weighted by Crippen LogP contribution is -2.14. The van der Waals surface area contributed by atoms with Crippen LogP contribution >= 0.6 is 0 Å². The third-order valence-electron chi connectivity index (χ3n) is 4.51. The molecular formula is C22H34O6. The predicted octanol–water partition coefficient (Wildman–Crippen LogP) is 3.88. The molecular weight excluding hydrogens is 360 g/mol. The zero-order valence-corrected chi connectivity index (χ0v) is 17.1. The first kappa shape index (κ1) is 24.1. The fourth-order valence-electron chi connectivity index (χ4n) is 2.65. The summed E-state index contributed by atoms with van der Waals surface area (Å²) in [5, 5.41) is 19.5. The largest absolute Gasteiger partial charge is 0.462 e. The van der Waals surface area contributed by atoms with Crippen molar-refractivity contribution in [3.05, 3.63) is 35.4 Å². The molecule has 0 radical (unpaired) electrons. The number of carbonyl (C=O) groups excluding carboxylic acids is 2. The van der Waals surface area contributed by atoms with E-state index in [1.54, 1.807) is 0 Å². The van der Waals surface area contributed by atoms with Gasteiger partial charge in [0.2, 0.25) is 0 Å². The molecule has 2 N–H and O–H groups in total. The Bertz CT molecular complexity index is 518. The normalized spacial score (nSPS) is 13.0. The van der Waals surface area contributed by atoms with E-state index in [1.807, 2.05) is 0 Å². The van der Waals surface area contributed by atoms with E-state index in [0.717, 1.165) is 25.7 Å². The van der Waals surface area contributed by atoms with Gasteiger partial charge in [0.25, 0.3) is 0 Å². The van der Waals surface area contributed by atoms with Gasteiger partial charge in [0, 0.05) is 12.8 Å². The smallest absolute Gasteiger partial charge is 0.338 e. The van der Waals surface area contributed by atoms with Crippen molar-refractivity contribution in [1.29, 1.82) is 0 Å². The average Bonchev–Trinajstić information content (AvgIpc) is 2.70. The minimum Gasteiger partial charge on any atom is -0.462 e. The van der Waals surface area contributed by atoms with Crippen LogP contribution in [0.25, 0.3) is 0 Å². The van der Waals surface area contributed by atoms with Crippen molar-refractivity contribution in [2.45, 2.75) is 77.4 Å². The van der Waals surface area contributed by atoms with Gasteiger partial charge in [-0.2, -0.15) is 0 Å². The van der Waals surface area contributed by atoms with Crippen molar-refractivity contribution >= 4 is 11.9 Å². The number of hydrogen-bond acceptors (Lipinski definition) is 6. The Balaban J connectivity index is 2.35. The lowest BCUT2D eigenvalue weighted by Gasteiger charge is -2.11.